The average Bonchev–Trinajstić information content (AvgIpc) is 3.37. The van der Waals surface area contributed by atoms with Gasteiger partial charge in [0.25, 0.3) is 0 Å². The van der Waals surface area contributed by atoms with Crippen molar-refractivity contribution in [2.45, 2.75) is 39.3 Å². The van der Waals surface area contributed by atoms with Crippen molar-refractivity contribution >= 4 is 11.6 Å². The number of amides is 1. The molecule has 2 aliphatic rings. The lowest BCUT2D eigenvalue weighted by atomic mass is 10.0. The van der Waals surface area contributed by atoms with Gasteiger partial charge in [0, 0.05) is 30.5 Å². The third kappa shape index (κ3) is 4.56. The van der Waals surface area contributed by atoms with E-state index in [2.05, 4.69) is 5.16 Å². The number of carbonyl (C=O) groups excluding carboxylic acids is 1. The highest BCUT2D eigenvalue weighted by Crippen LogP contribution is 2.33. The van der Waals surface area contributed by atoms with E-state index in [9.17, 15) is 9.18 Å². The van der Waals surface area contributed by atoms with Crippen molar-refractivity contribution in [2.75, 3.05) is 13.3 Å². The van der Waals surface area contributed by atoms with Crippen molar-refractivity contribution in [1.82, 2.24) is 4.90 Å². The molecule has 2 aromatic rings. The van der Waals surface area contributed by atoms with E-state index in [1.165, 1.54) is 6.07 Å². The summed E-state index contributed by atoms with van der Waals surface area (Å²) in [6.07, 6.45) is 0.674. The van der Waals surface area contributed by atoms with E-state index in [-0.39, 0.29) is 37.1 Å². The predicted molar refractivity (Wildman–Crippen MR) is 110 cm³/mol. The Morgan fingerprint density at radius 3 is 2.80 bits per heavy atom. The second-order valence-electron chi connectivity index (χ2n) is 8.00. The average molecular weight is 412 g/mol. The van der Waals surface area contributed by atoms with E-state index in [1.54, 1.807) is 23.1 Å². The van der Waals surface area contributed by atoms with Crippen molar-refractivity contribution in [3.05, 3.63) is 59.4 Å². The van der Waals surface area contributed by atoms with E-state index in [4.69, 9.17) is 14.3 Å². The van der Waals surface area contributed by atoms with Crippen LogP contribution in [-0.2, 0) is 16.2 Å². The Hall–Kier alpha value is -3.09. The molecular weight excluding hydrogens is 387 g/mol. The molecule has 0 saturated carbocycles. The summed E-state index contributed by atoms with van der Waals surface area (Å²) >= 11 is 0. The number of hydrogen-bond acceptors (Lipinski definition) is 5. The van der Waals surface area contributed by atoms with Gasteiger partial charge in [-0.2, -0.15) is 0 Å². The lowest BCUT2D eigenvalue weighted by Gasteiger charge is -2.26. The first-order valence-electron chi connectivity index (χ1n) is 10.1. The summed E-state index contributed by atoms with van der Waals surface area (Å²) < 4.78 is 24.9. The summed E-state index contributed by atoms with van der Waals surface area (Å²) in [5.41, 5.74) is 2.18. The molecular formula is C23H25FN2O4. The van der Waals surface area contributed by atoms with Crippen molar-refractivity contribution in [2.24, 2.45) is 11.1 Å². The number of carbonyl (C=O) groups is 1. The van der Waals surface area contributed by atoms with E-state index in [0.717, 1.165) is 11.3 Å². The van der Waals surface area contributed by atoms with Crippen molar-refractivity contribution in [3.63, 3.8) is 0 Å². The van der Waals surface area contributed by atoms with Gasteiger partial charge in [0.05, 0.1) is 12.3 Å². The van der Waals surface area contributed by atoms with Gasteiger partial charge in [0.15, 0.2) is 17.6 Å². The lowest BCUT2D eigenvalue weighted by Crippen LogP contribution is -2.38. The minimum absolute atomic E-state index is 0.0200. The molecule has 4 rings (SSSR count). The van der Waals surface area contributed by atoms with Gasteiger partial charge in [0.2, 0.25) is 12.7 Å². The molecule has 30 heavy (non-hydrogen) atoms. The van der Waals surface area contributed by atoms with Crippen LogP contribution in [0.5, 0.6) is 11.5 Å². The van der Waals surface area contributed by atoms with Gasteiger partial charge in [-0.3, -0.25) is 4.79 Å². The Morgan fingerprint density at radius 2 is 2.00 bits per heavy atom. The number of halogens is 1. The fourth-order valence-electron chi connectivity index (χ4n) is 3.58. The van der Waals surface area contributed by atoms with Gasteiger partial charge >= 0.3 is 0 Å². The molecule has 0 bridgehead atoms. The fourth-order valence-corrected chi connectivity index (χ4v) is 3.58. The molecule has 0 spiro atoms. The third-order valence-corrected chi connectivity index (χ3v) is 5.12. The fraction of sp³-hybridized carbons (Fsp3) is 0.391. The first-order valence-corrected chi connectivity index (χ1v) is 10.1. The van der Waals surface area contributed by atoms with Gasteiger partial charge in [0.1, 0.15) is 5.82 Å². The first kappa shape index (κ1) is 20.2. The molecule has 0 radical (unpaired) electrons. The van der Waals surface area contributed by atoms with E-state index >= 15 is 0 Å². The number of oxime groups is 1. The molecule has 2 heterocycles. The summed E-state index contributed by atoms with van der Waals surface area (Å²) in [5.74, 6) is 1.28. The molecule has 0 unspecified atom stereocenters. The second kappa shape index (κ2) is 8.73. The van der Waals surface area contributed by atoms with Crippen molar-refractivity contribution in [1.29, 1.82) is 0 Å². The summed E-state index contributed by atoms with van der Waals surface area (Å²) in [6.45, 7) is 4.75. The number of ether oxygens (including phenoxy) is 2. The molecule has 158 valence electrons. The Labute approximate surface area is 175 Å². The van der Waals surface area contributed by atoms with Crippen LogP contribution in [0.3, 0.4) is 0 Å². The van der Waals surface area contributed by atoms with Crippen LogP contribution in [0, 0.1) is 11.7 Å². The SMILES string of the molecule is CC(C)CC(=O)N(Cc1ccccc1F)C[C@@H]1CC(c2ccc3c(c2)OCO3)=NO1. The molecule has 1 amide bonds. The molecule has 6 nitrogen and oxygen atoms in total. The predicted octanol–water partition coefficient (Wildman–Crippen LogP) is 4.12. The molecule has 2 aromatic carbocycles. The first-order chi connectivity index (χ1) is 14.5. The lowest BCUT2D eigenvalue weighted by molar-refractivity contribution is -0.134. The molecule has 0 aliphatic carbocycles. The molecule has 1 atom stereocenters. The number of nitrogens with zero attached hydrogens (tertiary/aromatic N) is 2. The number of fused-ring (bicyclic) bond motifs is 1. The number of rotatable bonds is 7. The summed E-state index contributed by atoms with van der Waals surface area (Å²) in [7, 11) is 0. The van der Waals surface area contributed by atoms with Crippen LogP contribution in [0.2, 0.25) is 0 Å². The standard InChI is InChI=1S/C23H25FN2O4/c1-15(2)9-23(27)26(12-17-5-3-4-6-19(17)24)13-18-11-20(25-30-18)16-7-8-21-22(10-16)29-14-28-21/h3-8,10,15,18H,9,11-14H2,1-2H3/t18-/m0/s1. The zero-order valence-corrected chi connectivity index (χ0v) is 17.1. The van der Waals surface area contributed by atoms with Crippen molar-refractivity contribution in [3.8, 4) is 11.5 Å². The minimum Gasteiger partial charge on any atom is -0.454 e. The minimum atomic E-state index is -0.315. The van der Waals surface area contributed by atoms with E-state index in [1.807, 2.05) is 32.0 Å². The Morgan fingerprint density at radius 1 is 1.20 bits per heavy atom. The molecule has 7 heteroatoms. The van der Waals surface area contributed by atoms with Crippen LogP contribution in [0.25, 0.3) is 0 Å². The summed E-state index contributed by atoms with van der Waals surface area (Å²) in [5, 5.41) is 4.22. The highest BCUT2D eigenvalue weighted by Gasteiger charge is 2.28. The Bertz CT molecular complexity index is 960. The summed E-state index contributed by atoms with van der Waals surface area (Å²) in [4.78, 5) is 20.1. The molecule has 0 saturated heterocycles. The van der Waals surface area contributed by atoms with Crippen LogP contribution < -0.4 is 9.47 Å². The normalized spacial score (nSPS) is 17.1. The molecule has 0 fully saturated rings. The van der Waals surface area contributed by atoms with Gasteiger partial charge in [-0.25, -0.2) is 4.39 Å². The summed E-state index contributed by atoms with van der Waals surface area (Å²) in [6, 6.07) is 12.2. The van der Waals surface area contributed by atoms with Crippen LogP contribution in [-0.4, -0.2) is 36.0 Å². The quantitative estimate of drug-likeness (QED) is 0.686. The topological polar surface area (TPSA) is 60.4 Å². The van der Waals surface area contributed by atoms with Crippen molar-refractivity contribution < 1.29 is 23.5 Å². The Balaban J connectivity index is 1.44. The van der Waals surface area contributed by atoms with Gasteiger partial charge in [-0.05, 0) is 30.2 Å². The largest absolute Gasteiger partial charge is 0.454 e. The second-order valence-corrected chi connectivity index (χ2v) is 8.00. The number of hydrogen-bond donors (Lipinski definition) is 0. The van der Waals surface area contributed by atoms with Crippen LogP contribution in [0.1, 0.15) is 37.8 Å². The van der Waals surface area contributed by atoms with Gasteiger partial charge < -0.3 is 19.2 Å². The number of benzene rings is 2. The maximum Gasteiger partial charge on any atom is 0.231 e. The smallest absolute Gasteiger partial charge is 0.231 e. The molecule has 0 aromatic heterocycles. The van der Waals surface area contributed by atoms with Gasteiger partial charge in [-0.15, -0.1) is 0 Å². The maximum absolute atomic E-state index is 14.2. The van der Waals surface area contributed by atoms with Crippen LogP contribution in [0.4, 0.5) is 4.39 Å². The van der Waals surface area contributed by atoms with Crippen LogP contribution in [0.15, 0.2) is 47.6 Å². The Kier molecular flexibility index (Phi) is 5.88. The molecule has 0 N–H and O–H groups in total. The zero-order chi connectivity index (χ0) is 21.1. The highest BCUT2D eigenvalue weighted by molar-refractivity contribution is 6.01. The third-order valence-electron chi connectivity index (χ3n) is 5.12. The van der Waals surface area contributed by atoms with Crippen LogP contribution >= 0.6 is 0 Å². The van der Waals surface area contributed by atoms with Gasteiger partial charge in [-0.1, -0.05) is 37.2 Å². The highest BCUT2D eigenvalue weighted by atomic mass is 19.1. The monoisotopic (exact) mass is 412 g/mol. The maximum atomic E-state index is 14.2. The molecule has 2 aliphatic heterocycles. The van der Waals surface area contributed by atoms with E-state index in [0.29, 0.717) is 36.4 Å². The zero-order valence-electron chi connectivity index (χ0n) is 17.1. The van der Waals surface area contributed by atoms with E-state index < -0.39 is 0 Å².